The number of amides is 1. The Labute approximate surface area is 201 Å². The Morgan fingerprint density at radius 1 is 0.912 bits per heavy atom. The maximum Gasteiger partial charge on any atom is 0.276 e. The van der Waals surface area contributed by atoms with Crippen LogP contribution < -0.4 is 4.73 Å². The lowest BCUT2D eigenvalue weighted by molar-refractivity contribution is -0.605. The molecule has 8 nitrogen and oxygen atoms in total. The molecular weight excluding hydrogens is 478 g/mol. The second-order valence-corrected chi connectivity index (χ2v) is 10.3. The van der Waals surface area contributed by atoms with E-state index in [4.69, 9.17) is 16.0 Å². The topological polar surface area (TPSA) is 97.8 Å². The number of piperazine rings is 1. The van der Waals surface area contributed by atoms with Crippen LogP contribution in [0.2, 0.25) is 5.02 Å². The maximum absolute atomic E-state index is 13.1. The van der Waals surface area contributed by atoms with Crippen LogP contribution in [0, 0.1) is 5.21 Å². The summed E-state index contributed by atoms with van der Waals surface area (Å²) in [6.07, 6.45) is 2.84. The van der Waals surface area contributed by atoms with Crippen molar-refractivity contribution in [1.82, 2.24) is 9.21 Å². The van der Waals surface area contributed by atoms with Gasteiger partial charge in [0.25, 0.3) is 15.9 Å². The number of hydrogen-bond donors (Lipinski definition) is 0. The lowest BCUT2D eigenvalue weighted by Crippen LogP contribution is -2.50. The van der Waals surface area contributed by atoms with E-state index in [0.717, 1.165) is 11.1 Å². The van der Waals surface area contributed by atoms with Crippen molar-refractivity contribution in [3.05, 3.63) is 88.9 Å². The first-order chi connectivity index (χ1) is 16.3. The molecule has 0 spiro atoms. The van der Waals surface area contributed by atoms with E-state index in [0.29, 0.717) is 26.3 Å². The first-order valence-electron chi connectivity index (χ1n) is 10.6. The van der Waals surface area contributed by atoms with Crippen molar-refractivity contribution in [2.75, 3.05) is 26.2 Å². The van der Waals surface area contributed by atoms with E-state index < -0.39 is 10.0 Å². The molecule has 0 atom stereocenters. The summed E-state index contributed by atoms with van der Waals surface area (Å²) in [5.74, 6) is -0.160. The van der Waals surface area contributed by atoms with Crippen LogP contribution >= 0.6 is 11.6 Å². The predicted molar refractivity (Wildman–Crippen MR) is 127 cm³/mol. The molecule has 2 aromatic carbocycles. The molecule has 1 amide bonds. The quantitative estimate of drug-likeness (QED) is 0.317. The summed E-state index contributed by atoms with van der Waals surface area (Å²) in [6, 6.07) is 17.0. The summed E-state index contributed by atoms with van der Waals surface area (Å²) in [5.41, 5.74) is 2.69. The molecule has 0 N–H and O–H groups in total. The van der Waals surface area contributed by atoms with Crippen LogP contribution in [0.3, 0.4) is 0 Å². The molecule has 3 heterocycles. The van der Waals surface area contributed by atoms with Crippen molar-refractivity contribution >= 4 is 38.5 Å². The molecular formula is C24H20ClN3O5S. The van der Waals surface area contributed by atoms with Gasteiger partial charge in [0.15, 0.2) is 12.4 Å². The van der Waals surface area contributed by atoms with E-state index in [1.807, 2.05) is 12.1 Å². The molecule has 0 unspecified atom stereocenters. The number of nitrogens with zero attached hydrogens (tertiary/aromatic N) is 3. The van der Waals surface area contributed by atoms with Gasteiger partial charge in [-0.15, -0.1) is 0 Å². The van der Waals surface area contributed by atoms with Gasteiger partial charge in [-0.05, 0) is 35.4 Å². The third-order valence-electron chi connectivity index (χ3n) is 5.85. The van der Waals surface area contributed by atoms with Gasteiger partial charge in [-0.3, -0.25) is 4.79 Å². The van der Waals surface area contributed by atoms with Crippen LogP contribution in [-0.2, 0) is 10.0 Å². The predicted octanol–water partition coefficient (Wildman–Crippen LogP) is 3.53. The van der Waals surface area contributed by atoms with Crippen molar-refractivity contribution in [2.24, 2.45) is 0 Å². The third kappa shape index (κ3) is 4.25. The minimum absolute atomic E-state index is 0.136. The Hall–Kier alpha value is -3.40. The summed E-state index contributed by atoms with van der Waals surface area (Å²) in [6.45, 7) is 0.883. The highest BCUT2D eigenvalue weighted by molar-refractivity contribution is 7.89. The number of fused-ring (bicyclic) bond motifs is 1. The van der Waals surface area contributed by atoms with Gasteiger partial charge in [-0.1, -0.05) is 23.7 Å². The summed E-state index contributed by atoms with van der Waals surface area (Å²) < 4.78 is 33.7. The number of rotatable bonds is 4. The van der Waals surface area contributed by atoms with Gasteiger partial charge in [0.1, 0.15) is 5.58 Å². The number of halogens is 1. The number of carbonyl (C=O) groups is 1. The van der Waals surface area contributed by atoms with E-state index in [9.17, 15) is 18.4 Å². The fourth-order valence-electron chi connectivity index (χ4n) is 3.96. The molecule has 10 heteroatoms. The monoisotopic (exact) mass is 497 g/mol. The van der Waals surface area contributed by atoms with Gasteiger partial charge in [0.05, 0.1) is 0 Å². The zero-order valence-electron chi connectivity index (χ0n) is 17.9. The van der Waals surface area contributed by atoms with E-state index in [1.54, 1.807) is 47.4 Å². The van der Waals surface area contributed by atoms with Crippen LogP contribution in [0.5, 0.6) is 0 Å². The third-order valence-corrected chi connectivity index (χ3v) is 7.84. The fourth-order valence-corrected chi connectivity index (χ4v) is 5.49. The molecule has 4 aromatic rings. The fraction of sp³-hybridized carbons (Fsp3) is 0.167. The van der Waals surface area contributed by atoms with Crippen LogP contribution in [0.15, 0.2) is 82.6 Å². The molecule has 1 aliphatic rings. The molecule has 34 heavy (non-hydrogen) atoms. The standard InChI is InChI=1S/C24H20ClN3O5S/c25-21-6-5-20-15-23(33-22(20)16-21)34(31,32)28-13-11-26(12-14-28)24(29)19-3-1-17(2-4-19)18-7-9-27(30)10-8-18/h1-10,15-16H,11-14H2. The van der Waals surface area contributed by atoms with Gasteiger partial charge in [0, 0.05) is 66.4 Å². The molecule has 0 saturated carbocycles. The Bertz CT molecular complexity index is 1460. The Morgan fingerprint density at radius 2 is 1.56 bits per heavy atom. The second kappa shape index (κ2) is 8.75. The van der Waals surface area contributed by atoms with E-state index in [-0.39, 0.29) is 37.2 Å². The van der Waals surface area contributed by atoms with Crippen molar-refractivity contribution in [3.63, 3.8) is 0 Å². The molecule has 0 radical (unpaired) electrons. The molecule has 1 fully saturated rings. The zero-order chi connectivity index (χ0) is 23.9. The largest absolute Gasteiger partial charge is 0.619 e. The Balaban J connectivity index is 1.26. The molecule has 0 aliphatic carbocycles. The van der Waals surface area contributed by atoms with E-state index in [1.165, 1.54) is 22.8 Å². The first kappa shape index (κ1) is 22.4. The number of benzene rings is 2. The van der Waals surface area contributed by atoms with Gasteiger partial charge in [-0.2, -0.15) is 9.04 Å². The average molecular weight is 498 g/mol. The lowest BCUT2D eigenvalue weighted by Gasteiger charge is -2.33. The van der Waals surface area contributed by atoms with Crippen molar-refractivity contribution < 1.29 is 22.4 Å². The number of furan rings is 1. The van der Waals surface area contributed by atoms with Crippen molar-refractivity contribution in [2.45, 2.75) is 5.09 Å². The number of hydrogen-bond acceptors (Lipinski definition) is 5. The molecule has 1 aliphatic heterocycles. The van der Waals surface area contributed by atoms with Crippen LogP contribution in [0.4, 0.5) is 0 Å². The number of sulfonamides is 1. The second-order valence-electron chi connectivity index (χ2n) is 7.97. The van der Waals surface area contributed by atoms with Crippen LogP contribution in [0.1, 0.15) is 10.4 Å². The van der Waals surface area contributed by atoms with Crippen LogP contribution in [-0.4, -0.2) is 49.7 Å². The summed E-state index contributed by atoms with van der Waals surface area (Å²) in [5, 5.41) is 12.2. The minimum atomic E-state index is -3.83. The number of aromatic nitrogens is 1. The van der Waals surface area contributed by atoms with Crippen LogP contribution in [0.25, 0.3) is 22.1 Å². The SMILES string of the molecule is O=C(c1ccc(-c2cc[n+]([O-])cc2)cc1)N1CCN(S(=O)(=O)c2cc3ccc(Cl)cc3o2)CC1. The molecule has 1 saturated heterocycles. The van der Waals surface area contributed by atoms with Gasteiger partial charge < -0.3 is 14.5 Å². The molecule has 5 rings (SSSR count). The maximum atomic E-state index is 13.1. The average Bonchev–Trinajstić information content (AvgIpc) is 3.28. The van der Waals surface area contributed by atoms with Crippen molar-refractivity contribution in [3.8, 4) is 11.1 Å². The highest BCUT2D eigenvalue weighted by Crippen LogP contribution is 2.28. The minimum Gasteiger partial charge on any atom is -0.619 e. The van der Waals surface area contributed by atoms with Gasteiger partial charge >= 0.3 is 0 Å². The van der Waals surface area contributed by atoms with Crippen molar-refractivity contribution in [1.29, 1.82) is 0 Å². The van der Waals surface area contributed by atoms with E-state index in [2.05, 4.69) is 0 Å². The van der Waals surface area contributed by atoms with Gasteiger partial charge in [0.2, 0.25) is 5.09 Å². The number of pyridine rings is 1. The highest BCUT2D eigenvalue weighted by atomic mass is 35.5. The molecule has 0 bridgehead atoms. The van der Waals surface area contributed by atoms with E-state index >= 15 is 0 Å². The summed E-state index contributed by atoms with van der Waals surface area (Å²) in [4.78, 5) is 14.6. The first-order valence-corrected chi connectivity index (χ1v) is 12.4. The summed E-state index contributed by atoms with van der Waals surface area (Å²) >= 11 is 5.96. The molecule has 174 valence electrons. The Kier molecular flexibility index (Phi) is 5.76. The summed E-state index contributed by atoms with van der Waals surface area (Å²) in [7, 11) is -3.83. The Morgan fingerprint density at radius 3 is 2.24 bits per heavy atom. The normalized spacial score (nSPS) is 15.0. The highest BCUT2D eigenvalue weighted by Gasteiger charge is 2.32. The molecule has 2 aromatic heterocycles. The smallest absolute Gasteiger partial charge is 0.276 e. The zero-order valence-corrected chi connectivity index (χ0v) is 19.5. The lowest BCUT2D eigenvalue weighted by atomic mass is 10.0. The van der Waals surface area contributed by atoms with Gasteiger partial charge in [-0.25, -0.2) is 8.42 Å². The number of carbonyl (C=O) groups excluding carboxylic acids is 1.